The first-order valence-electron chi connectivity index (χ1n) is 7.21. The lowest BCUT2D eigenvalue weighted by molar-refractivity contribution is -0.111. The Morgan fingerprint density at radius 3 is 2.29 bits per heavy atom. The van der Waals surface area contributed by atoms with Gasteiger partial charge in [-0.2, -0.15) is 0 Å². The number of para-hydroxylation sites is 1. The van der Waals surface area contributed by atoms with E-state index in [1.54, 1.807) is 61.7 Å². The van der Waals surface area contributed by atoms with Crippen LogP contribution in [0.25, 0.3) is 6.08 Å². The Morgan fingerprint density at radius 1 is 1.00 bits per heavy atom. The molecule has 0 fully saturated rings. The molecule has 3 amide bonds. The number of nitrogens with two attached hydrogens (primary N) is 1. The summed E-state index contributed by atoms with van der Waals surface area (Å²) < 4.78 is 0. The second-order valence-electron chi connectivity index (χ2n) is 4.93. The third-order valence-corrected chi connectivity index (χ3v) is 3.28. The zero-order chi connectivity index (χ0) is 17.5. The molecule has 2 aromatic carbocycles. The molecular weight excluding hydrogens is 306 g/mol. The van der Waals surface area contributed by atoms with Crippen LogP contribution >= 0.6 is 0 Å². The van der Waals surface area contributed by atoms with Crippen LogP contribution in [0.5, 0.6) is 0 Å². The first kappa shape index (κ1) is 17.0. The number of carbonyl (C=O) groups is 3. The van der Waals surface area contributed by atoms with Gasteiger partial charge in [-0.05, 0) is 35.9 Å². The number of hydrogen-bond acceptors (Lipinski definition) is 3. The van der Waals surface area contributed by atoms with Crippen molar-refractivity contribution in [3.8, 4) is 0 Å². The maximum Gasteiger partial charge on any atom is 0.251 e. The summed E-state index contributed by atoms with van der Waals surface area (Å²) in [5.41, 5.74) is 7.17. The second-order valence-corrected chi connectivity index (χ2v) is 4.93. The molecule has 2 aromatic rings. The van der Waals surface area contributed by atoms with Gasteiger partial charge >= 0.3 is 0 Å². The van der Waals surface area contributed by atoms with E-state index in [2.05, 4.69) is 10.6 Å². The third kappa shape index (κ3) is 4.30. The largest absolute Gasteiger partial charge is 0.366 e. The molecular formula is C18H17N3O3. The summed E-state index contributed by atoms with van der Waals surface area (Å²) in [5.74, 6) is -1.18. The molecule has 0 heterocycles. The summed E-state index contributed by atoms with van der Waals surface area (Å²) in [4.78, 5) is 34.7. The molecule has 0 atom stereocenters. The molecule has 0 bridgehead atoms. The number of benzene rings is 2. The average molecular weight is 323 g/mol. The number of hydrogen-bond donors (Lipinski definition) is 3. The minimum atomic E-state index is -0.611. The lowest BCUT2D eigenvalue weighted by Crippen LogP contribution is -2.17. The van der Waals surface area contributed by atoms with Crippen LogP contribution in [0.3, 0.4) is 0 Å². The number of amides is 3. The summed E-state index contributed by atoms with van der Waals surface area (Å²) in [5, 5.41) is 5.14. The number of anilines is 1. The van der Waals surface area contributed by atoms with Crippen molar-refractivity contribution < 1.29 is 14.4 Å². The molecule has 122 valence electrons. The minimum absolute atomic E-state index is 0.175. The summed E-state index contributed by atoms with van der Waals surface area (Å²) in [6.45, 7) is 0. The number of nitrogens with one attached hydrogen (secondary N) is 2. The molecule has 2 rings (SSSR count). The molecule has 0 spiro atoms. The van der Waals surface area contributed by atoms with Crippen LogP contribution in [-0.4, -0.2) is 24.8 Å². The van der Waals surface area contributed by atoms with Gasteiger partial charge in [0.25, 0.3) is 11.8 Å². The van der Waals surface area contributed by atoms with Crippen molar-refractivity contribution in [2.45, 2.75) is 0 Å². The van der Waals surface area contributed by atoms with Gasteiger partial charge in [0, 0.05) is 18.7 Å². The van der Waals surface area contributed by atoms with E-state index in [9.17, 15) is 14.4 Å². The van der Waals surface area contributed by atoms with E-state index in [0.29, 0.717) is 11.3 Å². The van der Waals surface area contributed by atoms with Crippen LogP contribution in [0.2, 0.25) is 0 Å². The topological polar surface area (TPSA) is 101 Å². The van der Waals surface area contributed by atoms with Gasteiger partial charge in [-0.1, -0.05) is 24.3 Å². The summed E-state index contributed by atoms with van der Waals surface area (Å²) in [6.07, 6.45) is 2.95. The van der Waals surface area contributed by atoms with Crippen LogP contribution in [-0.2, 0) is 4.79 Å². The van der Waals surface area contributed by atoms with Gasteiger partial charge < -0.3 is 16.4 Å². The van der Waals surface area contributed by atoms with Crippen molar-refractivity contribution in [2.24, 2.45) is 5.73 Å². The average Bonchev–Trinajstić information content (AvgIpc) is 2.60. The highest BCUT2D eigenvalue weighted by Crippen LogP contribution is 2.14. The van der Waals surface area contributed by atoms with Crippen molar-refractivity contribution >= 4 is 29.5 Å². The molecule has 0 unspecified atom stereocenters. The van der Waals surface area contributed by atoms with E-state index in [1.165, 1.54) is 6.08 Å². The Labute approximate surface area is 139 Å². The van der Waals surface area contributed by atoms with Crippen molar-refractivity contribution in [3.05, 3.63) is 71.3 Å². The Kier molecular flexibility index (Phi) is 5.46. The van der Waals surface area contributed by atoms with Crippen LogP contribution in [0.4, 0.5) is 5.69 Å². The predicted molar refractivity (Wildman–Crippen MR) is 92.5 cm³/mol. The molecule has 6 heteroatoms. The highest BCUT2D eigenvalue weighted by molar-refractivity contribution is 6.07. The number of rotatable bonds is 5. The summed E-state index contributed by atoms with van der Waals surface area (Å²) >= 11 is 0. The van der Waals surface area contributed by atoms with Crippen molar-refractivity contribution in [3.63, 3.8) is 0 Å². The zero-order valence-corrected chi connectivity index (χ0v) is 13.1. The highest BCUT2D eigenvalue weighted by Gasteiger charge is 2.08. The van der Waals surface area contributed by atoms with Gasteiger partial charge in [-0.3, -0.25) is 14.4 Å². The Morgan fingerprint density at radius 2 is 1.67 bits per heavy atom. The van der Waals surface area contributed by atoms with Crippen molar-refractivity contribution in [1.82, 2.24) is 5.32 Å². The number of primary amides is 1. The van der Waals surface area contributed by atoms with E-state index in [4.69, 9.17) is 5.73 Å². The summed E-state index contributed by atoms with van der Waals surface area (Å²) in [7, 11) is 1.56. The molecule has 0 radical (unpaired) electrons. The fourth-order valence-corrected chi connectivity index (χ4v) is 2.04. The molecule has 0 aliphatic heterocycles. The van der Waals surface area contributed by atoms with E-state index in [-0.39, 0.29) is 17.4 Å². The Bertz CT molecular complexity index is 795. The Hall–Kier alpha value is -3.41. The van der Waals surface area contributed by atoms with Gasteiger partial charge in [0.15, 0.2) is 0 Å². The molecule has 4 N–H and O–H groups in total. The predicted octanol–water partition coefficient (Wildman–Crippen LogP) is 1.80. The van der Waals surface area contributed by atoms with E-state index in [0.717, 1.165) is 5.56 Å². The minimum Gasteiger partial charge on any atom is -0.366 e. The normalized spacial score (nSPS) is 10.4. The third-order valence-electron chi connectivity index (χ3n) is 3.28. The Balaban J connectivity index is 2.06. The molecule has 0 aliphatic carbocycles. The molecule has 0 saturated heterocycles. The van der Waals surface area contributed by atoms with E-state index in [1.807, 2.05) is 0 Å². The van der Waals surface area contributed by atoms with E-state index >= 15 is 0 Å². The first-order chi connectivity index (χ1) is 11.5. The number of carbonyl (C=O) groups excluding carboxylic acids is 3. The maximum atomic E-state index is 12.0. The van der Waals surface area contributed by atoms with Crippen molar-refractivity contribution in [1.29, 1.82) is 0 Å². The quantitative estimate of drug-likeness (QED) is 0.731. The smallest absolute Gasteiger partial charge is 0.251 e. The van der Waals surface area contributed by atoms with Crippen LogP contribution in [0.1, 0.15) is 26.3 Å². The van der Waals surface area contributed by atoms with Gasteiger partial charge in [0.05, 0.1) is 11.3 Å². The standard InChI is InChI=1S/C18H17N3O3/c1-20-18(24)13-9-6-12(7-10-13)8-11-16(22)21-15-5-3-2-4-14(15)17(19)23/h2-11H,1H3,(H2,19,23)(H,20,24)(H,21,22)/b11-8+. The zero-order valence-electron chi connectivity index (χ0n) is 13.1. The van der Waals surface area contributed by atoms with Gasteiger partial charge in [-0.15, -0.1) is 0 Å². The molecule has 0 saturated carbocycles. The SMILES string of the molecule is CNC(=O)c1ccc(/C=C/C(=O)Nc2ccccc2C(N)=O)cc1. The molecule has 6 nitrogen and oxygen atoms in total. The summed E-state index contributed by atoms with van der Waals surface area (Å²) in [6, 6.07) is 13.3. The van der Waals surface area contributed by atoms with Crippen LogP contribution in [0, 0.1) is 0 Å². The fraction of sp³-hybridized carbons (Fsp3) is 0.0556. The lowest BCUT2D eigenvalue weighted by atomic mass is 10.1. The van der Waals surface area contributed by atoms with E-state index < -0.39 is 5.91 Å². The maximum absolute atomic E-state index is 12.0. The van der Waals surface area contributed by atoms with Gasteiger partial charge in [0.2, 0.25) is 5.91 Å². The van der Waals surface area contributed by atoms with Gasteiger partial charge in [0.1, 0.15) is 0 Å². The molecule has 0 aliphatic rings. The van der Waals surface area contributed by atoms with Crippen LogP contribution in [0.15, 0.2) is 54.6 Å². The highest BCUT2D eigenvalue weighted by atomic mass is 16.2. The molecule has 24 heavy (non-hydrogen) atoms. The fourth-order valence-electron chi connectivity index (χ4n) is 2.04. The lowest BCUT2D eigenvalue weighted by Gasteiger charge is -2.06. The second kappa shape index (κ2) is 7.73. The van der Waals surface area contributed by atoms with Crippen LogP contribution < -0.4 is 16.4 Å². The first-order valence-corrected chi connectivity index (χ1v) is 7.21. The van der Waals surface area contributed by atoms with Gasteiger partial charge in [-0.25, -0.2) is 0 Å². The van der Waals surface area contributed by atoms with Crippen molar-refractivity contribution in [2.75, 3.05) is 12.4 Å². The molecule has 0 aromatic heterocycles. The monoisotopic (exact) mass is 323 g/mol.